The molecular formula is C17H25NO. The van der Waals surface area contributed by atoms with Gasteiger partial charge in [0.05, 0.1) is 6.10 Å². The SMILES string of the molecule is CC1CCN(C2CC(C)c3ccccc3C2O)CC1. The molecule has 0 aromatic heterocycles. The number of benzene rings is 1. The zero-order valence-corrected chi connectivity index (χ0v) is 12.0. The second kappa shape index (κ2) is 5.26. The molecule has 3 unspecified atom stereocenters. The maximum atomic E-state index is 10.7. The minimum Gasteiger partial charge on any atom is -0.387 e. The molecule has 1 aliphatic carbocycles. The molecule has 1 aromatic rings. The Morgan fingerprint density at radius 3 is 2.37 bits per heavy atom. The number of fused-ring (bicyclic) bond motifs is 1. The first-order valence-corrected chi connectivity index (χ1v) is 7.67. The van der Waals surface area contributed by atoms with Crippen LogP contribution in [0.4, 0.5) is 0 Å². The topological polar surface area (TPSA) is 23.5 Å². The molecule has 1 heterocycles. The molecule has 2 nitrogen and oxygen atoms in total. The molecule has 104 valence electrons. The van der Waals surface area contributed by atoms with Crippen molar-refractivity contribution in [2.45, 2.75) is 51.2 Å². The zero-order chi connectivity index (χ0) is 13.4. The summed E-state index contributed by atoms with van der Waals surface area (Å²) in [6, 6.07) is 8.74. The summed E-state index contributed by atoms with van der Waals surface area (Å²) in [5, 5.41) is 10.7. The molecule has 2 heteroatoms. The molecule has 1 N–H and O–H groups in total. The van der Waals surface area contributed by atoms with E-state index in [1.807, 2.05) is 0 Å². The molecule has 0 saturated carbocycles. The molecule has 3 atom stereocenters. The van der Waals surface area contributed by atoms with Gasteiger partial charge in [-0.2, -0.15) is 0 Å². The van der Waals surface area contributed by atoms with E-state index in [1.165, 1.54) is 18.4 Å². The quantitative estimate of drug-likeness (QED) is 0.836. The highest BCUT2D eigenvalue weighted by atomic mass is 16.3. The number of hydrogen-bond donors (Lipinski definition) is 1. The highest BCUT2D eigenvalue weighted by molar-refractivity contribution is 5.35. The lowest BCUT2D eigenvalue weighted by Gasteiger charge is -2.43. The third-order valence-corrected chi connectivity index (χ3v) is 5.09. The van der Waals surface area contributed by atoms with Crippen LogP contribution in [-0.2, 0) is 0 Å². The average molecular weight is 259 g/mol. The molecule has 1 aliphatic heterocycles. The molecule has 0 bridgehead atoms. The minimum atomic E-state index is -0.305. The smallest absolute Gasteiger partial charge is 0.0948 e. The van der Waals surface area contributed by atoms with Gasteiger partial charge >= 0.3 is 0 Å². The molecule has 0 spiro atoms. The van der Waals surface area contributed by atoms with Crippen LogP contribution in [0.1, 0.15) is 56.3 Å². The van der Waals surface area contributed by atoms with Crippen molar-refractivity contribution in [1.82, 2.24) is 4.90 Å². The van der Waals surface area contributed by atoms with Gasteiger partial charge in [-0.3, -0.25) is 4.90 Å². The molecule has 0 radical (unpaired) electrons. The first-order chi connectivity index (χ1) is 9.16. The predicted octanol–water partition coefficient (Wildman–Crippen LogP) is 3.33. The molecule has 3 rings (SSSR count). The summed E-state index contributed by atoms with van der Waals surface area (Å²) >= 11 is 0. The molecule has 1 saturated heterocycles. The fraction of sp³-hybridized carbons (Fsp3) is 0.647. The van der Waals surface area contributed by atoms with E-state index in [-0.39, 0.29) is 6.10 Å². The van der Waals surface area contributed by atoms with Crippen molar-refractivity contribution in [2.75, 3.05) is 13.1 Å². The average Bonchev–Trinajstić information content (AvgIpc) is 2.44. The normalized spacial score (nSPS) is 33.1. The fourth-order valence-corrected chi connectivity index (χ4v) is 3.76. The summed E-state index contributed by atoms with van der Waals surface area (Å²) < 4.78 is 0. The second-order valence-electron chi connectivity index (χ2n) is 6.50. The van der Waals surface area contributed by atoms with Crippen LogP contribution in [-0.4, -0.2) is 29.1 Å². The molecule has 2 aliphatic rings. The van der Waals surface area contributed by atoms with Gasteiger partial charge < -0.3 is 5.11 Å². The van der Waals surface area contributed by atoms with Crippen LogP contribution >= 0.6 is 0 Å². The maximum absolute atomic E-state index is 10.7. The van der Waals surface area contributed by atoms with Crippen molar-refractivity contribution < 1.29 is 5.11 Å². The van der Waals surface area contributed by atoms with Gasteiger partial charge in [-0.15, -0.1) is 0 Å². The lowest BCUT2D eigenvalue weighted by molar-refractivity contribution is 0.0147. The van der Waals surface area contributed by atoms with E-state index >= 15 is 0 Å². The first-order valence-electron chi connectivity index (χ1n) is 7.67. The van der Waals surface area contributed by atoms with E-state index in [2.05, 4.69) is 43.0 Å². The van der Waals surface area contributed by atoms with Gasteiger partial charge in [-0.05, 0) is 55.3 Å². The third-order valence-electron chi connectivity index (χ3n) is 5.09. The number of aliphatic hydroxyl groups excluding tert-OH is 1. The molecule has 1 aromatic carbocycles. The summed E-state index contributed by atoms with van der Waals surface area (Å²) in [5.41, 5.74) is 2.50. The van der Waals surface area contributed by atoms with Crippen LogP contribution in [0, 0.1) is 5.92 Å². The van der Waals surface area contributed by atoms with E-state index in [9.17, 15) is 5.11 Å². The second-order valence-corrected chi connectivity index (χ2v) is 6.50. The minimum absolute atomic E-state index is 0.305. The van der Waals surface area contributed by atoms with Crippen LogP contribution in [0.5, 0.6) is 0 Å². The van der Waals surface area contributed by atoms with Crippen molar-refractivity contribution in [2.24, 2.45) is 5.92 Å². The van der Waals surface area contributed by atoms with Gasteiger partial charge in [0.15, 0.2) is 0 Å². The fourth-order valence-electron chi connectivity index (χ4n) is 3.76. The lowest BCUT2D eigenvalue weighted by Crippen LogP contribution is -2.46. The van der Waals surface area contributed by atoms with Crippen molar-refractivity contribution in [3.05, 3.63) is 35.4 Å². The molecule has 1 fully saturated rings. The standard InChI is InChI=1S/C17H25NO/c1-12-7-9-18(10-8-12)16-11-13(2)14-5-3-4-6-15(14)17(16)19/h3-6,12-13,16-17,19H,7-11H2,1-2H3. The summed E-state index contributed by atoms with van der Waals surface area (Å²) in [7, 11) is 0. The molecule has 0 amide bonds. The highest BCUT2D eigenvalue weighted by Gasteiger charge is 2.36. The van der Waals surface area contributed by atoms with Gasteiger partial charge in [-0.1, -0.05) is 38.1 Å². The molecular weight excluding hydrogens is 234 g/mol. The Hall–Kier alpha value is -0.860. The predicted molar refractivity (Wildman–Crippen MR) is 78.2 cm³/mol. The van der Waals surface area contributed by atoms with Crippen molar-refractivity contribution in [3.63, 3.8) is 0 Å². The van der Waals surface area contributed by atoms with E-state index in [4.69, 9.17) is 0 Å². The van der Waals surface area contributed by atoms with Crippen molar-refractivity contribution in [3.8, 4) is 0 Å². The monoisotopic (exact) mass is 259 g/mol. The van der Waals surface area contributed by atoms with Crippen LogP contribution in [0.15, 0.2) is 24.3 Å². The Morgan fingerprint density at radius 2 is 1.68 bits per heavy atom. The van der Waals surface area contributed by atoms with Crippen LogP contribution in [0.2, 0.25) is 0 Å². The lowest BCUT2D eigenvalue weighted by atomic mass is 9.78. The Morgan fingerprint density at radius 1 is 1.05 bits per heavy atom. The first kappa shape index (κ1) is 13.1. The van der Waals surface area contributed by atoms with Crippen LogP contribution in [0.25, 0.3) is 0 Å². The number of likely N-dealkylation sites (tertiary alicyclic amines) is 1. The van der Waals surface area contributed by atoms with Crippen molar-refractivity contribution >= 4 is 0 Å². The van der Waals surface area contributed by atoms with E-state index < -0.39 is 0 Å². The number of piperidine rings is 1. The molecule has 19 heavy (non-hydrogen) atoms. The largest absolute Gasteiger partial charge is 0.387 e. The Bertz CT molecular complexity index is 437. The van der Waals surface area contributed by atoms with E-state index in [0.29, 0.717) is 12.0 Å². The van der Waals surface area contributed by atoms with Gasteiger partial charge in [0.25, 0.3) is 0 Å². The van der Waals surface area contributed by atoms with Crippen molar-refractivity contribution in [1.29, 1.82) is 0 Å². The number of rotatable bonds is 1. The summed E-state index contributed by atoms with van der Waals surface area (Å²) in [6.07, 6.45) is 3.34. The maximum Gasteiger partial charge on any atom is 0.0948 e. The number of aliphatic hydroxyl groups is 1. The Kier molecular flexibility index (Phi) is 3.64. The summed E-state index contributed by atoms with van der Waals surface area (Å²) in [6.45, 7) is 6.94. The number of nitrogens with zero attached hydrogens (tertiary/aromatic N) is 1. The van der Waals surface area contributed by atoms with E-state index in [1.54, 1.807) is 0 Å². The van der Waals surface area contributed by atoms with Crippen LogP contribution < -0.4 is 0 Å². The van der Waals surface area contributed by atoms with Crippen LogP contribution in [0.3, 0.4) is 0 Å². The zero-order valence-electron chi connectivity index (χ0n) is 12.0. The third kappa shape index (κ3) is 2.44. The van der Waals surface area contributed by atoms with Gasteiger partial charge in [0, 0.05) is 6.04 Å². The Labute approximate surface area is 116 Å². The van der Waals surface area contributed by atoms with Gasteiger partial charge in [-0.25, -0.2) is 0 Å². The Balaban J connectivity index is 1.82. The summed E-state index contributed by atoms with van der Waals surface area (Å²) in [4.78, 5) is 2.52. The van der Waals surface area contributed by atoms with Gasteiger partial charge in [0.1, 0.15) is 0 Å². The van der Waals surface area contributed by atoms with Gasteiger partial charge in [0.2, 0.25) is 0 Å². The highest BCUT2D eigenvalue weighted by Crippen LogP contribution is 2.40. The number of hydrogen-bond acceptors (Lipinski definition) is 2. The summed E-state index contributed by atoms with van der Waals surface area (Å²) in [5.74, 6) is 1.41. The van der Waals surface area contributed by atoms with E-state index in [0.717, 1.165) is 31.0 Å².